The lowest BCUT2D eigenvalue weighted by molar-refractivity contribution is -0.137. The summed E-state index contributed by atoms with van der Waals surface area (Å²) in [6.07, 6.45) is -4.47. The third-order valence-electron chi connectivity index (χ3n) is 4.12. The van der Waals surface area contributed by atoms with Crippen LogP contribution in [0.3, 0.4) is 0 Å². The van der Waals surface area contributed by atoms with E-state index in [0.717, 1.165) is 36.4 Å². The van der Waals surface area contributed by atoms with Gasteiger partial charge in [-0.05, 0) is 49.4 Å². The van der Waals surface area contributed by atoms with Crippen molar-refractivity contribution in [2.45, 2.75) is 25.6 Å². The van der Waals surface area contributed by atoms with Crippen LogP contribution in [0.4, 0.5) is 23.2 Å². The molecule has 0 fully saturated rings. The molecule has 3 rings (SSSR count). The molecule has 25 heavy (non-hydrogen) atoms. The van der Waals surface area contributed by atoms with Crippen molar-refractivity contribution in [3.63, 3.8) is 0 Å². The molecule has 0 radical (unpaired) electrons. The maximum Gasteiger partial charge on any atom is 0.416 e. The standard InChI is InChI=1S/C18H13F4NO2/c1-10-8-16(24)14-9-13(19)6-7-15(14)23(10)17(25)11-2-4-12(5-3-11)18(20,21)22/h2-7,9-10H,8H2,1H3. The van der Waals surface area contributed by atoms with E-state index < -0.39 is 29.5 Å². The molecule has 1 aliphatic heterocycles. The highest BCUT2D eigenvalue weighted by Gasteiger charge is 2.34. The minimum atomic E-state index is -4.49. The van der Waals surface area contributed by atoms with E-state index in [0.29, 0.717) is 0 Å². The van der Waals surface area contributed by atoms with Crippen LogP contribution in [0.2, 0.25) is 0 Å². The first-order chi connectivity index (χ1) is 11.7. The van der Waals surface area contributed by atoms with Gasteiger partial charge in [-0.2, -0.15) is 13.2 Å². The Hall–Kier alpha value is -2.70. The Morgan fingerprint density at radius 3 is 2.36 bits per heavy atom. The Labute approximate surface area is 140 Å². The van der Waals surface area contributed by atoms with Crippen LogP contribution in [-0.4, -0.2) is 17.7 Å². The zero-order valence-electron chi connectivity index (χ0n) is 13.1. The van der Waals surface area contributed by atoms with Crippen LogP contribution in [0.1, 0.15) is 39.6 Å². The van der Waals surface area contributed by atoms with Crippen molar-refractivity contribution < 1.29 is 27.2 Å². The number of hydrogen-bond donors (Lipinski definition) is 0. The molecule has 130 valence electrons. The molecule has 0 aromatic heterocycles. The molecule has 0 saturated carbocycles. The van der Waals surface area contributed by atoms with E-state index in [9.17, 15) is 27.2 Å². The second-order valence-corrected chi connectivity index (χ2v) is 5.89. The summed E-state index contributed by atoms with van der Waals surface area (Å²) in [5.74, 6) is -1.41. The summed E-state index contributed by atoms with van der Waals surface area (Å²) in [5, 5.41) is 0. The summed E-state index contributed by atoms with van der Waals surface area (Å²) >= 11 is 0. The minimum Gasteiger partial charge on any atom is -0.304 e. The lowest BCUT2D eigenvalue weighted by Crippen LogP contribution is -2.44. The number of halogens is 4. The van der Waals surface area contributed by atoms with E-state index in [-0.39, 0.29) is 29.0 Å². The summed E-state index contributed by atoms with van der Waals surface area (Å²) in [5.41, 5.74) is -0.439. The van der Waals surface area contributed by atoms with Crippen molar-refractivity contribution in [3.8, 4) is 0 Å². The first-order valence-corrected chi connectivity index (χ1v) is 7.52. The Bertz CT molecular complexity index is 843. The molecule has 3 nitrogen and oxygen atoms in total. The third-order valence-corrected chi connectivity index (χ3v) is 4.12. The van der Waals surface area contributed by atoms with Crippen molar-refractivity contribution >= 4 is 17.4 Å². The number of anilines is 1. The summed E-state index contributed by atoms with van der Waals surface area (Å²) in [6.45, 7) is 1.66. The molecular formula is C18H13F4NO2. The van der Waals surface area contributed by atoms with Gasteiger partial charge < -0.3 is 4.90 Å². The van der Waals surface area contributed by atoms with Gasteiger partial charge in [-0.1, -0.05) is 0 Å². The van der Waals surface area contributed by atoms with Crippen molar-refractivity contribution in [2.24, 2.45) is 0 Å². The van der Waals surface area contributed by atoms with Gasteiger partial charge in [0.2, 0.25) is 0 Å². The van der Waals surface area contributed by atoms with Gasteiger partial charge in [-0.15, -0.1) is 0 Å². The van der Waals surface area contributed by atoms with Crippen molar-refractivity contribution in [3.05, 3.63) is 65.0 Å². The van der Waals surface area contributed by atoms with Gasteiger partial charge in [0.05, 0.1) is 11.3 Å². The molecule has 0 saturated heterocycles. The minimum absolute atomic E-state index is 0.0167. The van der Waals surface area contributed by atoms with E-state index >= 15 is 0 Å². The second-order valence-electron chi connectivity index (χ2n) is 5.89. The molecule has 1 aliphatic rings. The Morgan fingerprint density at radius 1 is 1.12 bits per heavy atom. The number of carbonyl (C=O) groups is 2. The molecule has 0 aliphatic carbocycles. The van der Waals surface area contributed by atoms with Crippen LogP contribution >= 0.6 is 0 Å². The SMILES string of the molecule is CC1CC(=O)c2cc(F)ccc2N1C(=O)c1ccc(C(F)(F)F)cc1. The Morgan fingerprint density at radius 2 is 1.76 bits per heavy atom. The van der Waals surface area contributed by atoms with Gasteiger partial charge in [0.1, 0.15) is 5.82 Å². The number of carbonyl (C=O) groups excluding carboxylic acids is 2. The molecule has 1 heterocycles. The van der Waals surface area contributed by atoms with Gasteiger partial charge >= 0.3 is 6.18 Å². The van der Waals surface area contributed by atoms with E-state index in [1.807, 2.05) is 0 Å². The topological polar surface area (TPSA) is 37.4 Å². The number of benzene rings is 2. The summed E-state index contributed by atoms with van der Waals surface area (Å²) in [6, 6.07) is 6.90. The normalized spacial score (nSPS) is 17.4. The second kappa shape index (κ2) is 5.98. The van der Waals surface area contributed by atoms with E-state index in [2.05, 4.69) is 0 Å². The fraction of sp³-hybridized carbons (Fsp3) is 0.222. The third kappa shape index (κ3) is 3.14. The van der Waals surface area contributed by atoms with Crippen LogP contribution in [-0.2, 0) is 6.18 Å². The van der Waals surface area contributed by atoms with Crippen molar-refractivity contribution in [1.82, 2.24) is 0 Å². The summed E-state index contributed by atoms with van der Waals surface area (Å²) < 4.78 is 51.4. The van der Waals surface area contributed by atoms with Crippen LogP contribution < -0.4 is 4.90 Å². The Balaban J connectivity index is 1.99. The first kappa shape index (κ1) is 17.1. The zero-order chi connectivity index (χ0) is 18.4. The van der Waals surface area contributed by atoms with Gasteiger partial charge in [0.15, 0.2) is 5.78 Å². The molecule has 2 aromatic carbocycles. The predicted octanol–water partition coefficient (Wildman–Crippen LogP) is 4.47. The number of nitrogens with zero attached hydrogens (tertiary/aromatic N) is 1. The van der Waals surface area contributed by atoms with Gasteiger partial charge in [0, 0.05) is 23.6 Å². The summed E-state index contributed by atoms with van der Waals surface area (Å²) in [4.78, 5) is 26.2. The number of amides is 1. The number of alkyl halides is 3. The molecule has 0 N–H and O–H groups in total. The van der Waals surface area contributed by atoms with Crippen molar-refractivity contribution in [1.29, 1.82) is 0 Å². The Kier molecular flexibility index (Phi) is 4.10. The lowest BCUT2D eigenvalue weighted by atomic mass is 9.94. The molecule has 1 amide bonds. The maximum absolute atomic E-state index is 13.4. The highest BCUT2D eigenvalue weighted by molar-refractivity contribution is 6.13. The average molecular weight is 351 g/mol. The van der Waals surface area contributed by atoms with Crippen LogP contribution in [0.25, 0.3) is 0 Å². The van der Waals surface area contributed by atoms with Gasteiger partial charge in [-0.3, -0.25) is 9.59 Å². The van der Waals surface area contributed by atoms with E-state index in [4.69, 9.17) is 0 Å². The van der Waals surface area contributed by atoms with E-state index in [1.54, 1.807) is 6.92 Å². The van der Waals surface area contributed by atoms with E-state index in [1.165, 1.54) is 11.0 Å². The average Bonchev–Trinajstić information content (AvgIpc) is 2.54. The smallest absolute Gasteiger partial charge is 0.304 e. The monoisotopic (exact) mass is 351 g/mol. The maximum atomic E-state index is 13.4. The number of hydrogen-bond acceptors (Lipinski definition) is 2. The molecule has 1 unspecified atom stereocenters. The fourth-order valence-corrected chi connectivity index (χ4v) is 2.90. The number of Topliss-reactive ketones (excluding diaryl/α,β-unsaturated/α-hetero) is 1. The fourth-order valence-electron chi connectivity index (χ4n) is 2.90. The summed E-state index contributed by atoms with van der Waals surface area (Å²) in [7, 11) is 0. The zero-order valence-corrected chi connectivity index (χ0v) is 13.1. The molecule has 7 heteroatoms. The van der Waals surface area contributed by atoms with Crippen LogP contribution in [0.5, 0.6) is 0 Å². The largest absolute Gasteiger partial charge is 0.416 e. The molecule has 0 spiro atoms. The highest BCUT2D eigenvalue weighted by Crippen LogP contribution is 2.33. The first-order valence-electron chi connectivity index (χ1n) is 7.52. The quantitative estimate of drug-likeness (QED) is 0.711. The number of ketones is 1. The number of fused-ring (bicyclic) bond motifs is 1. The molecular weight excluding hydrogens is 338 g/mol. The predicted molar refractivity (Wildman–Crippen MR) is 83.1 cm³/mol. The van der Waals surface area contributed by atoms with Crippen LogP contribution in [0.15, 0.2) is 42.5 Å². The van der Waals surface area contributed by atoms with Crippen molar-refractivity contribution in [2.75, 3.05) is 4.90 Å². The number of rotatable bonds is 1. The van der Waals surface area contributed by atoms with Gasteiger partial charge in [-0.25, -0.2) is 4.39 Å². The molecule has 2 aromatic rings. The molecule has 1 atom stereocenters. The van der Waals surface area contributed by atoms with Gasteiger partial charge in [0.25, 0.3) is 5.91 Å². The lowest BCUT2D eigenvalue weighted by Gasteiger charge is -2.34. The highest BCUT2D eigenvalue weighted by atomic mass is 19.4. The van der Waals surface area contributed by atoms with Crippen LogP contribution in [0, 0.1) is 5.82 Å². The molecule has 0 bridgehead atoms.